The molecule has 2 aromatic carbocycles. The van der Waals surface area contributed by atoms with E-state index in [-0.39, 0.29) is 24.2 Å². The highest BCUT2D eigenvalue weighted by Gasteiger charge is 2.26. The van der Waals surface area contributed by atoms with E-state index in [0.717, 1.165) is 35.1 Å². The van der Waals surface area contributed by atoms with Gasteiger partial charge in [-0.1, -0.05) is 24.3 Å². The number of carbonyl (C=O) groups is 1. The van der Waals surface area contributed by atoms with Crippen LogP contribution >= 0.6 is 12.4 Å². The Balaban J connectivity index is 0.00000225. The maximum absolute atomic E-state index is 12.3. The molecule has 1 aliphatic rings. The fourth-order valence-electron chi connectivity index (χ4n) is 3.54. The molecule has 0 aliphatic carbocycles. The Labute approximate surface area is 170 Å². The number of halogens is 1. The van der Waals surface area contributed by atoms with Gasteiger partial charge in [0, 0.05) is 25.4 Å². The first-order chi connectivity index (χ1) is 13.2. The number of hydrogen-bond donors (Lipinski definition) is 2. The molecule has 1 atom stereocenters. The topological polar surface area (TPSA) is 82.2 Å². The van der Waals surface area contributed by atoms with Crippen molar-refractivity contribution in [3.8, 4) is 5.69 Å². The van der Waals surface area contributed by atoms with Gasteiger partial charge in [0.2, 0.25) is 5.91 Å². The van der Waals surface area contributed by atoms with Crippen molar-refractivity contribution in [3.63, 3.8) is 0 Å². The van der Waals surface area contributed by atoms with Crippen molar-refractivity contribution in [3.05, 3.63) is 60.4 Å². The molecule has 7 heteroatoms. The molecule has 2 heterocycles. The highest BCUT2D eigenvalue weighted by Crippen LogP contribution is 2.19. The second kappa shape index (κ2) is 9.19. The van der Waals surface area contributed by atoms with Crippen LogP contribution in [0.3, 0.4) is 0 Å². The fraction of sp³-hybridized carbons (Fsp3) is 0.333. The Morgan fingerprint density at radius 1 is 1.18 bits per heavy atom. The van der Waals surface area contributed by atoms with Crippen molar-refractivity contribution in [2.24, 2.45) is 11.7 Å². The maximum Gasteiger partial charge on any atom is 0.237 e. The van der Waals surface area contributed by atoms with E-state index in [1.807, 2.05) is 54.9 Å². The fourth-order valence-corrected chi connectivity index (χ4v) is 3.54. The molecule has 1 amide bonds. The van der Waals surface area contributed by atoms with Gasteiger partial charge in [0.25, 0.3) is 0 Å². The lowest BCUT2D eigenvalue weighted by atomic mass is 9.92. The van der Waals surface area contributed by atoms with Crippen molar-refractivity contribution in [1.82, 2.24) is 14.9 Å². The van der Waals surface area contributed by atoms with Crippen LogP contribution in [0.2, 0.25) is 0 Å². The van der Waals surface area contributed by atoms with Crippen LogP contribution in [-0.2, 0) is 16.1 Å². The molecule has 1 unspecified atom stereocenters. The van der Waals surface area contributed by atoms with Crippen LogP contribution in [-0.4, -0.2) is 34.7 Å². The van der Waals surface area contributed by atoms with Gasteiger partial charge >= 0.3 is 0 Å². The summed E-state index contributed by atoms with van der Waals surface area (Å²) in [6.45, 7) is 1.85. The number of amides is 1. The highest BCUT2D eigenvalue weighted by molar-refractivity contribution is 5.85. The van der Waals surface area contributed by atoms with E-state index in [0.29, 0.717) is 19.8 Å². The van der Waals surface area contributed by atoms with Crippen molar-refractivity contribution in [2.75, 3.05) is 13.2 Å². The van der Waals surface area contributed by atoms with Crippen LogP contribution in [0.4, 0.5) is 0 Å². The van der Waals surface area contributed by atoms with Crippen molar-refractivity contribution in [2.45, 2.75) is 25.4 Å². The van der Waals surface area contributed by atoms with E-state index < -0.39 is 6.04 Å². The monoisotopic (exact) mass is 400 g/mol. The van der Waals surface area contributed by atoms with Gasteiger partial charge in [-0.2, -0.15) is 0 Å². The van der Waals surface area contributed by atoms with Crippen LogP contribution in [0.15, 0.2) is 54.9 Å². The van der Waals surface area contributed by atoms with Gasteiger partial charge in [-0.25, -0.2) is 4.98 Å². The average molecular weight is 401 g/mol. The Hall–Kier alpha value is -2.41. The van der Waals surface area contributed by atoms with Crippen molar-refractivity contribution in [1.29, 1.82) is 0 Å². The third-order valence-corrected chi connectivity index (χ3v) is 5.21. The molecule has 3 aromatic rings. The Kier molecular flexibility index (Phi) is 6.67. The summed E-state index contributed by atoms with van der Waals surface area (Å²) in [6, 6.07) is 15.7. The number of hydrogen-bond acceptors (Lipinski definition) is 4. The lowest BCUT2D eigenvalue weighted by Crippen LogP contribution is -2.46. The number of nitrogens with zero attached hydrogens (tertiary/aromatic N) is 2. The molecule has 1 saturated heterocycles. The zero-order chi connectivity index (χ0) is 18.6. The van der Waals surface area contributed by atoms with E-state index in [4.69, 9.17) is 10.5 Å². The second-order valence-corrected chi connectivity index (χ2v) is 6.96. The molecule has 0 saturated carbocycles. The first-order valence-corrected chi connectivity index (χ1v) is 9.35. The summed E-state index contributed by atoms with van der Waals surface area (Å²) in [4.78, 5) is 16.8. The molecule has 4 rings (SSSR count). The van der Waals surface area contributed by atoms with Crippen LogP contribution in [0.5, 0.6) is 0 Å². The predicted molar refractivity (Wildman–Crippen MR) is 112 cm³/mol. The van der Waals surface area contributed by atoms with Crippen LogP contribution in [0.1, 0.15) is 18.4 Å². The Bertz CT molecular complexity index is 920. The summed E-state index contributed by atoms with van der Waals surface area (Å²) in [5.41, 5.74) is 10.2. The number of nitrogens with two attached hydrogens (primary N) is 1. The van der Waals surface area contributed by atoms with Crippen LogP contribution < -0.4 is 11.1 Å². The number of carbonyl (C=O) groups excluding carboxylic acids is 1. The van der Waals surface area contributed by atoms with Gasteiger partial charge in [-0.05, 0) is 48.6 Å². The first kappa shape index (κ1) is 20.3. The van der Waals surface area contributed by atoms with Crippen LogP contribution in [0, 0.1) is 5.92 Å². The van der Waals surface area contributed by atoms with Crippen molar-refractivity contribution < 1.29 is 9.53 Å². The maximum atomic E-state index is 12.3. The number of aromatic nitrogens is 2. The van der Waals surface area contributed by atoms with Crippen molar-refractivity contribution >= 4 is 29.3 Å². The number of benzene rings is 2. The number of ether oxygens (including phenoxy) is 1. The summed E-state index contributed by atoms with van der Waals surface area (Å²) in [6.07, 6.45) is 3.53. The molecule has 0 radical (unpaired) electrons. The van der Waals surface area contributed by atoms with E-state index in [1.54, 1.807) is 0 Å². The second-order valence-electron chi connectivity index (χ2n) is 6.96. The number of imidazole rings is 1. The summed E-state index contributed by atoms with van der Waals surface area (Å²) in [5, 5.41) is 2.96. The highest BCUT2D eigenvalue weighted by atomic mass is 35.5. The Morgan fingerprint density at radius 2 is 1.89 bits per heavy atom. The van der Waals surface area contributed by atoms with Gasteiger partial charge in [0.15, 0.2) is 0 Å². The van der Waals surface area contributed by atoms with E-state index in [1.165, 1.54) is 0 Å². The normalized spacial score (nSPS) is 15.8. The van der Waals surface area contributed by atoms with E-state index in [2.05, 4.69) is 14.9 Å². The summed E-state index contributed by atoms with van der Waals surface area (Å²) >= 11 is 0. The summed E-state index contributed by atoms with van der Waals surface area (Å²) in [7, 11) is 0. The van der Waals surface area contributed by atoms with Gasteiger partial charge in [-0.15, -0.1) is 12.4 Å². The number of rotatable bonds is 5. The molecule has 1 fully saturated rings. The minimum absolute atomic E-state index is 0. The predicted octanol–water partition coefficient (Wildman–Crippen LogP) is 2.82. The Morgan fingerprint density at radius 3 is 2.64 bits per heavy atom. The molecule has 148 valence electrons. The zero-order valence-electron chi connectivity index (χ0n) is 15.6. The van der Waals surface area contributed by atoms with Gasteiger partial charge in [0.1, 0.15) is 6.33 Å². The molecule has 6 nitrogen and oxygen atoms in total. The minimum atomic E-state index is -0.467. The zero-order valence-corrected chi connectivity index (χ0v) is 16.4. The molecular weight excluding hydrogens is 376 g/mol. The van der Waals surface area contributed by atoms with E-state index >= 15 is 0 Å². The van der Waals surface area contributed by atoms with Gasteiger partial charge in [-0.3, -0.25) is 9.36 Å². The smallest absolute Gasteiger partial charge is 0.237 e. The molecule has 0 bridgehead atoms. The molecule has 28 heavy (non-hydrogen) atoms. The number of fused-ring (bicyclic) bond motifs is 1. The third-order valence-electron chi connectivity index (χ3n) is 5.21. The quantitative estimate of drug-likeness (QED) is 0.690. The molecule has 3 N–H and O–H groups in total. The standard InChI is InChI=1S/C21H24N4O2.ClH/c22-20(16-9-11-27-12-10-16)21(26)23-13-15-5-7-17(8-6-15)25-14-24-18-3-1-2-4-19(18)25;/h1-8,14,16,20H,9-13,22H2,(H,23,26);1H. The largest absolute Gasteiger partial charge is 0.381 e. The SMILES string of the molecule is Cl.NC(C(=O)NCc1ccc(-n2cnc3ccccc32)cc1)C1CCOCC1. The average Bonchev–Trinajstić information content (AvgIpc) is 3.16. The van der Waals surface area contributed by atoms with E-state index in [9.17, 15) is 4.79 Å². The summed E-state index contributed by atoms with van der Waals surface area (Å²) < 4.78 is 7.39. The molecule has 0 spiro atoms. The minimum Gasteiger partial charge on any atom is -0.381 e. The van der Waals surface area contributed by atoms with Gasteiger partial charge < -0.3 is 15.8 Å². The first-order valence-electron chi connectivity index (χ1n) is 9.35. The molecule has 1 aromatic heterocycles. The molecule has 1 aliphatic heterocycles. The van der Waals surface area contributed by atoms with Crippen LogP contribution in [0.25, 0.3) is 16.7 Å². The third kappa shape index (κ3) is 4.35. The lowest BCUT2D eigenvalue weighted by molar-refractivity contribution is -0.124. The molecular formula is C21H25ClN4O2. The number of para-hydroxylation sites is 2. The lowest BCUT2D eigenvalue weighted by Gasteiger charge is -2.26. The van der Waals surface area contributed by atoms with Gasteiger partial charge in [0.05, 0.1) is 17.1 Å². The summed E-state index contributed by atoms with van der Waals surface area (Å²) in [5.74, 6) is 0.113. The number of nitrogens with one attached hydrogen (secondary N) is 1.